The van der Waals surface area contributed by atoms with E-state index in [0.29, 0.717) is 17.0 Å². The Morgan fingerprint density at radius 2 is 1.95 bits per heavy atom. The lowest BCUT2D eigenvalue weighted by Crippen LogP contribution is -1.94. The van der Waals surface area contributed by atoms with Crippen LogP contribution >= 0.6 is 0 Å². The van der Waals surface area contributed by atoms with E-state index in [4.69, 9.17) is 9.15 Å². The Balaban J connectivity index is 2.04. The van der Waals surface area contributed by atoms with Crippen molar-refractivity contribution in [3.63, 3.8) is 0 Å². The van der Waals surface area contributed by atoms with Crippen molar-refractivity contribution in [3.8, 4) is 22.9 Å². The number of aldehydes is 1. The molecule has 0 aliphatic rings. The molecule has 5 nitrogen and oxygen atoms in total. The maximum absolute atomic E-state index is 11.2. The maximum atomic E-state index is 11.2. The molecule has 0 saturated carbocycles. The van der Waals surface area contributed by atoms with E-state index in [2.05, 4.69) is 5.10 Å². The molecule has 0 saturated heterocycles. The second-order valence-corrected chi connectivity index (χ2v) is 4.60. The molecule has 0 bridgehead atoms. The molecule has 3 rings (SSSR count). The number of aryl methyl sites for hydroxylation is 1. The van der Waals surface area contributed by atoms with Crippen LogP contribution in [0.5, 0.6) is 5.75 Å². The summed E-state index contributed by atoms with van der Waals surface area (Å²) in [6.07, 6.45) is 2.46. The third-order valence-electron chi connectivity index (χ3n) is 3.18. The van der Waals surface area contributed by atoms with Gasteiger partial charge in [0.05, 0.1) is 18.4 Å². The molecule has 2 heterocycles. The second-order valence-electron chi connectivity index (χ2n) is 4.60. The molecule has 0 unspecified atom stereocenters. The SMILES string of the molecule is COc1ccc(-n2cc(C=O)c(-c3ccc(C)o3)n2)cc1. The Morgan fingerprint density at radius 1 is 1.19 bits per heavy atom. The summed E-state index contributed by atoms with van der Waals surface area (Å²) in [5.74, 6) is 2.13. The van der Waals surface area contributed by atoms with E-state index in [1.807, 2.05) is 43.3 Å². The van der Waals surface area contributed by atoms with Crippen molar-refractivity contribution in [2.24, 2.45) is 0 Å². The summed E-state index contributed by atoms with van der Waals surface area (Å²) in [5.41, 5.74) is 1.86. The zero-order chi connectivity index (χ0) is 14.8. The minimum Gasteiger partial charge on any atom is -0.497 e. The van der Waals surface area contributed by atoms with Crippen molar-refractivity contribution in [3.05, 3.63) is 53.9 Å². The molecule has 106 valence electrons. The van der Waals surface area contributed by atoms with Gasteiger partial charge in [0.25, 0.3) is 0 Å². The summed E-state index contributed by atoms with van der Waals surface area (Å²) in [5, 5.41) is 4.44. The van der Waals surface area contributed by atoms with Gasteiger partial charge in [0.2, 0.25) is 0 Å². The summed E-state index contributed by atoms with van der Waals surface area (Å²) in [4.78, 5) is 11.2. The Morgan fingerprint density at radius 3 is 2.52 bits per heavy atom. The van der Waals surface area contributed by atoms with Crippen LogP contribution in [0.2, 0.25) is 0 Å². The van der Waals surface area contributed by atoms with Crippen molar-refractivity contribution in [2.45, 2.75) is 6.92 Å². The number of nitrogens with zero attached hydrogens (tertiary/aromatic N) is 2. The van der Waals surface area contributed by atoms with Crippen LogP contribution in [0, 0.1) is 6.92 Å². The van der Waals surface area contributed by atoms with Crippen LogP contribution in [0.15, 0.2) is 47.0 Å². The topological polar surface area (TPSA) is 57.3 Å². The van der Waals surface area contributed by atoms with Gasteiger partial charge >= 0.3 is 0 Å². The van der Waals surface area contributed by atoms with Crippen molar-refractivity contribution in [1.82, 2.24) is 9.78 Å². The molecule has 5 heteroatoms. The largest absolute Gasteiger partial charge is 0.497 e. The van der Waals surface area contributed by atoms with Gasteiger partial charge in [0.1, 0.15) is 17.2 Å². The number of carbonyl (C=O) groups excluding carboxylic acids is 1. The smallest absolute Gasteiger partial charge is 0.155 e. The minimum absolute atomic E-state index is 0.486. The van der Waals surface area contributed by atoms with Crippen LogP contribution in [0.3, 0.4) is 0 Å². The number of aromatic nitrogens is 2. The number of carbonyl (C=O) groups is 1. The molecule has 0 aliphatic heterocycles. The molecule has 21 heavy (non-hydrogen) atoms. The predicted molar refractivity (Wildman–Crippen MR) is 77.9 cm³/mol. The van der Waals surface area contributed by atoms with Gasteiger partial charge < -0.3 is 9.15 Å². The van der Waals surface area contributed by atoms with E-state index in [0.717, 1.165) is 23.5 Å². The normalized spacial score (nSPS) is 10.6. The summed E-state index contributed by atoms with van der Waals surface area (Å²) in [6.45, 7) is 1.85. The molecule has 0 fully saturated rings. The van der Waals surface area contributed by atoms with Gasteiger partial charge in [-0.15, -0.1) is 0 Å². The van der Waals surface area contributed by atoms with E-state index < -0.39 is 0 Å². The van der Waals surface area contributed by atoms with Gasteiger partial charge in [-0.25, -0.2) is 4.68 Å². The lowest BCUT2D eigenvalue weighted by molar-refractivity contribution is 0.112. The van der Waals surface area contributed by atoms with E-state index in [1.54, 1.807) is 18.0 Å². The highest BCUT2D eigenvalue weighted by molar-refractivity contribution is 5.84. The van der Waals surface area contributed by atoms with Crippen LogP contribution in [0.4, 0.5) is 0 Å². The Hall–Kier alpha value is -2.82. The summed E-state index contributed by atoms with van der Waals surface area (Å²) in [6, 6.07) is 11.1. The van der Waals surface area contributed by atoms with Crippen LogP contribution in [0.25, 0.3) is 17.1 Å². The molecule has 0 amide bonds. The number of methoxy groups -OCH3 is 1. The second kappa shape index (κ2) is 5.28. The fourth-order valence-corrected chi connectivity index (χ4v) is 2.09. The molecule has 0 radical (unpaired) electrons. The average Bonchev–Trinajstić information content (AvgIpc) is 3.13. The first kappa shape index (κ1) is 13.2. The first-order chi connectivity index (χ1) is 10.2. The van der Waals surface area contributed by atoms with E-state index >= 15 is 0 Å². The average molecular weight is 282 g/mol. The number of hydrogen-bond acceptors (Lipinski definition) is 4. The Bertz CT molecular complexity index is 769. The Kier molecular flexibility index (Phi) is 3.31. The number of rotatable bonds is 4. The molecular weight excluding hydrogens is 268 g/mol. The van der Waals surface area contributed by atoms with Gasteiger partial charge in [0.15, 0.2) is 12.0 Å². The zero-order valence-electron chi connectivity index (χ0n) is 11.7. The van der Waals surface area contributed by atoms with Gasteiger partial charge in [-0.2, -0.15) is 5.10 Å². The molecule has 0 aliphatic carbocycles. The fourth-order valence-electron chi connectivity index (χ4n) is 2.09. The van der Waals surface area contributed by atoms with Gasteiger partial charge in [-0.3, -0.25) is 4.79 Å². The molecule has 2 aromatic heterocycles. The Labute approximate surface area is 121 Å². The van der Waals surface area contributed by atoms with E-state index in [1.165, 1.54) is 0 Å². The van der Waals surface area contributed by atoms with Gasteiger partial charge in [0, 0.05) is 6.20 Å². The van der Waals surface area contributed by atoms with Gasteiger partial charge in [-0.1, -0.05) is 0 Å². The quantitative estimate of drug-likeness (QED) is 0.689. The minimum atomic E-state index is 0.486. The van der Waals surface area contributed by atoms with Crippen molar-refractivity contribution >= 4 is 6.29 Å². The highest BCUT2D eigenvalue weighted by atomic mass is 16.5. The molecular formula is C16H14N2O3. The van der Waals surface area contributed by atoms with Crippen LogP contribution < -0.4 is 4.74 Å². The number of ether oxygens (including phenoxy) is 1. The number of hydrogen-bond donors (Lipinski definition) is 0. The van der Waals surface area contributed by atoms with E-state index in [9.17, 15) is 4.79 Å². The van der Waals surface area contributed by atoms with Crippen LogP contribution in [-0.4, -0.2) is 23.2 Å². The molecule has 0 spiro atoms. The summed E-state index contributed by atoms with van der Waals surface area (Å²) >= 11 is 0. The summed E-state index contributed by atoms with van der Waals surface area (Å²) in [7, 11) is 1.62. The molecule has 0 N–H and O–H groups in total. The number of furan rings is 1. The third-order valence-corrected chi connectivity index (χ3v) is 3.18. The highest BCUT2D eigenvalue weighted by Crippen LogP contribution is 2.25. The van der Waals surface area contributed by atoms with Crippen molar-refractivity contribution in [1.29, 1.82) is 0 Å². The fraction of sp³-hybridized carbons (Fsp3) is 0.125. The lowest BCUT2D eigenvalue weighted by atomic mass is 10.2. The number of benzene rings is 1. The lowest BCUT2D eigenvalue weighted by Gasteiger charge is -2.02. The standard InChI is InChI=1S/C16H14N2O3/c1-11-3-8-15(21-11)16-12(10-19)9-18(17-16)13-4-6-14(20-2)7-5-13/h3-10H,1-2H3. The zero-order valence-corrected chi connectivity index (χ0v) is 11.7. The monoisotopic (exact) mass is 282 g/mol. The van der Waals surface area contributed by atoms with Crippen molar-refractivity contribution < 1.29 is 13.9 Å². The summed E-state index contributed by atoms with van der Waals surface area (Å²) < 4.78 is 12.3. The van der Waals surface area contributed by atoms with Gasteiger partial charge in [-0.05, 0) is 43.3 Å². The predicted octanol–water partition coefficient (Wildman–Crippen LogP) is 3.26. The highest BCUT2D eigenvalue weighted by Gasteiger charge is 2.14. The van der Waals surface area contributed by atoms with E-state index in [-0.39, 0.29) is 0 Å². The first-order valence-corrected chi connectivity index (χ1v) is 6.47. The molecule has 0 atom stereocenters. The molecule has 1 aromatic carbocycles. The van der Waals surface area contributed by atoms with Crippen LogP contribution in [0.1, 0.15) is 16.1 Å². The maximum Gasteiger partial charge on any atom is 0.155 e. The van der Waals surface area contributed by atoms with Crippen LogP contribution in [-0.2, 0) is 0 Å². The first-order valence-electron chi connectivity index (χ1n) is 6.47. The third kappa shape index (κ3) is 2.45. The van der Waals surface area contributed by atoms with Crippen molar-refractivity contribution in [2.75, 3.05) is 7.11 Å². The molecule has 3 aromatic rings.